The first kappa shape index (κ1) is 11.9. The van der Waals surface area contributed by atoms with Crippen LogP contribution in [0, 0.1) is 5.41 Å². The number of ether oxygens (including phenoxy) is 2. The van der Waals surface area contributed by atoms with Crippen molar-refractivity contribution in [2.24, 2.45) is 0 Å². The fraction of sp³-hybridized carbons (Fsp3) is 0.917. The Balaban J connectivity index is 2.04. The quantitative estimate of drug-likeness (QED) is 0.575. The van der Waals surface area contributed by atoms with Crippen molar-refractivity contribution in [3.63, 3.8) is 0 Å². The summed E-state index contributed by atoms with van der Waals surface area (Å²) in [5.41, 5.74) is -0.379. The maximum atomic E-state index is 8.37. The molecule has 0 saturated carbocycles. The van der Waals surface area contributed by atoms with E-state index in [0.29, 0.717) is 19.0 Å². The first-order valence-corrected chi connectivity index (χ1v) is 6.25. The minimum atomic E-state index is -0.379. The van der Waals surface area contributed by atoms with E-state index in [2.05, 4.69) is 4.90 Å². The van der Waals surface area contributed by atoms with E-state index in [9.17, 15) is 0 Å². The van der Waals surface area contributed by atoms with Crippen molar-refractivity contribution >= 4 is 5.84 Å². The van der Waals surface area contributed by atoms with E-state index >= 15 is 0 Å². The van der Waals surface area contributed by atoms with Crippen molar-refractivity contribution < 1.29 is 9.47 Å². The molecule has 2 saturated heterocycles. The molecule has 0 amide bonds. The summed E-state index contributed by atoms with van der Waals surface area (Å²) in [6.45, 7) is 3.46. The molecule has 16 heavy (non-hydrogen) atoms. The standard InChI is InChI=1S/C12H22N2O2/c1-15-12(5-9-16-10-6-12)11(13)14-7-3-2-4-8-14/h13H,2-10H2,1H3. The summed E-state index contributed by atoms with van der Waals surface area (Å²) in [6, 6.07) is 0. The molecule has 0 spiro atoms. The van der Waals surface area contributed by atoms with Crippen molar-refractivity contribution in [2.75, 3.05) is 33.4 Å². The Kier molecular flexibility index (Phi) is 3.82. The van der Waals surface area contributed by atoms with E-state index in [0.717, 1.165) is 25.9 Å². The lowest BCUT2D eigenvalue weighted by Crippen LogP contribution is -2.54. The predicted octanol–water partition coefficient (Wildman–Crippen LogP) is 1.65. The van der Waals surface area contributed by atoms with Gasteiger partial charge in [0.05, 0.1) is 0 Å². The number of nitrogens with one attached hydrogen (secondary N) is 1. The van der Waals surface area contributed by atoms with Crippen LogP contribution < -0.4 is 0 Å². The first-order chi connectivity index (χ1) is 7.78. The molecule has 0 bridgehead atoms. The van der Waals surface area contributed by atoms with E-state index in [1.54, 1.807) is 7.11 Å². The largest absolute Gasteiger partial charge is 0.381 e. The molecule has 0 atom stereocenters. The zero-order valence-electron chi connectivity index (χ0n) is 10.1. The third kappa shape index (κ3) is 2.23. The average molecular weight is 226 g/mol. The van der Waals surface area contributed by atoms with E-state index < -0.39 is 0 Å². The summed E-state index contributed by atoms with van der Waals surface area (Å²) in [7, 11) is 1.73. The van der Waals surface area contributed by atoms with Gasteiger partial charge < -0.3 is 14.4 Å². The zero-order valence-corrected chi connectivity index (χ0v) is 10.1. The number of piperidine rings is 1. The maximum Gasteiger partial charge on any atom is 0.129 e. The van der Waals surface area contributed by atoms with E-state index in [-0.39, 0.29) is 5.60 Å². The van der Waals surface area contributed by atoms with Gasteiger partial charge in [-0.2, -0.15) is 0 Å². The van der Waals surface area contributed by atoms with Crippen LogP contribution >= 0.6 is 0 Å². The van der Waals surface area contributed by atoms with Gasteiger partial charge >= 0.3 is 0 Å². The Labute approximate surface area is 97.4 Å². The predicted molar refractivity (Wildman–Crippen MR) is 62.9 cm³/mol. The second-order valence-electron chi connectivity index (χ2n) is 4.71. The SMILES string of the molecule is COC1(C(=N)N2CCCCC2)CCOCC1. The molecular formula is C12H22N2O2. The third-order valence-electron chi connectivity index (χ3n) is 3.80. The number of rotatable bonds is 2. The molecule has 4 nitrogen and oxygen atoms in total. The smallest absolute Gasteiger partial charge is 0.129 e. The van der Waals surface area contributed by atoms with E-state index in [1.165, 1.54) is 19.3 Å². The molecular weight excluding hydrogens is 204 g/mol. The minimum absolute atomic E-state index is 0.379. The third-order valence-corrected chi connectivity index (χ3v) is 3.80. The lowest BCUT2D eigenvalue weighted by atomic mass is 9.91. The van der Waals surface area contributed by atoms with Crippen LogP contribution in [0.5, 0.6) is 0 Å². The molecule has 2 fully saturated rings. The number of amidine groups is 1. The van der Waals surface area contributed by atoms with Crippen LogP contribution in [0.4, 0.5) is 0 Å². The molecule has 0 unspecified atom stereocenters. The highest BCUT2D eigenvalue weighted by atomic mass is 16.5. The molecule has 2 rings (SSSR count). The summed E-state index contributed by atoms with van der Waals surface area (Å²) in [5, 5.41) is 8.37. The highest BCUT2D eigenvalue weighted by molar-refractivity contribution is 5.88. The number of likely N-dealkylation sites (tertiary alicyclic amines) is 1. The molecule has 2 heterocycles. The summed E-state index contributed by atoms with van der Waals surface area (Å²) < 4.78 is 11.0. The fourth-order valence-electron chi connectivity index (χ4n) is 2.64. The highest BCUT2D eigenvalue weighted by Gasteiger charge is 2.39. The van der Waals surface area contributed by atoms with Crippen LogP contribution in [0.2, 0.25) is 0 Å². The van der Waals surface area contributed by atoms with Crippen LogP contribution in [0.25, 0.3) is 0 Å². The Morgan fingerprint density at radius 2 is 1.81 bits per heavy atom. The van der Waals surface area contributed by atoms with E-state index in [1.807, 2.05) is 0 Å². The second kappa shape index (κ2) is 5.15. The summed E-state index contributed by atoms with van der Waals surface area (Å²) in [5.74, 6) is 0.679. The molecule has 2 aliphatic rings. The van der Waals surface area contributed by atoms with Crippen LogP contribution in [-0.4, -0.2) is 49.7 Å². The number of methoxy groups -OCH3 is 1. The average Bonchev–Trinajstić information content (AvgIpc) is 2.39. The van der Waals surface area contributed by atoms with Crippen LogP contribution in [0.1, 0.15) is 32.1 Å². The second-order valence-corrected chi connectivity index (χ2v) is 4.71. The highest BCUT2D eigenvalue weighted by Crippen LogP contribution is 2.28. The first-order valence-electron chi connectivity index (χ1n) is 6.25. The number of hydrogen-bond donors (Lipinski definition) is 1. The van der Waals surface area contributed by atoms with Gasteiger partial charge in [-0.1, -0.05) is 0 Å². The lowest BCUT2D eigenvalue weighted by molar-refractivity contribution is -0.0533. The molecule has 0 aromatic heterocycles. The Hall–Kier alpha value is -0.610. The number of hydrogen-bond acceptors (Lipinski definition) is 3. The van der Waals surface area contributed by atoms with Gasteiger partial charge in [-0.25, -0.2) is 0 Å². The van der Waals surface area contributed by atoms with Crippen molar-refractivity contribution in [3.8, 4) is 0 Å². The van der Waals surface area contributed by atoms with E-state index in [4.69, 9.17) is 14.9 Å². The normalized spacial score (nSPS) is 25.4. The number of nitrogens with zero attached hydrogens (tertiary/aromatic N) is 1. The molecule has 1 N–H and O–H groups in total. The Morgan fingerprint density at radius 1 is 1.19 bits per heavy atom. The summed E-state index contributed by atoms with van der Waals surface area (Å²) in [6.07, 6.45) is 5.35. The van der Waals surface area contributed by atoms with Gasteiger partial charge in [0, 0.05) is 46.3 Å². The molecule has 2 aliphatic heterocycles. The Morgan fingerprint density at radius 3 is 2.38 bits per heavy atom. The minimum Gasteiger partial charge on any atom is -0.381 e. The van der Waals surface area contributed by atoms with Crippen LogP contribution in [0.3, 0.4) is 0 Å². The van der Waals surface area contributed by atoms with Gasteiger partial charge in [0.2, 0.25) is 0 Å². The van der Waals surface area contributed by atoms with Gasteiger partial charge in [0.1, 0.15) is 11.4 Å². The molecule has 0 aromatic carbocycles. The molecule has 0 aromatic rings. The van der Waals surface area contributed by atoms with Gasteiger partial charge in [-0.3, -0.25) is 5.41 Å². The zero-order chi connectivity index (χ0) is 11.4. The summed E-state index contributed by atoms with van der Waals surface area (Å²) >= 11 is 0. The van der Waals surface area contributed by atoms with Crippen molar-refractivity contribution in [1.29, 1.82) is 5.41 Å². The summed E-state index contributed by atoms with van der Waals surface area (Å²) in [4.78, 5) is 2.19. The monoisotopic (exact) mass is 226 g/mol. The lowest BCUT2D eigenvalue weighted by Gasteiger charge is -2.42. The molecule has 4 heteroatoms. The maximum absolute atomic E-state index is 8.37. The van der Waals surface area contributed by atoms with Gasteiger partial charge in [0.25, 0.3) is 0 Å². The molecule has 0 aliphatic carbocycles. The van der Waals surface area contributed by atoms with Crippen LogP contribution in [-0.2, 0) is 9.47 Å². The van der Waals surface area contributed by atoms with Crippen molar-refractivity contribution in [2.45, 2.75) is 37.7 Å². The molecule has 0 radical (unpaired) electrons. The Bertz CT molecular complexity index is 243. The van der Waals surface area contributed by atoms with Crippen LogP contribution in [0.15, 0.2) is 0 Å². The van der Waals surface area contributed by atoms with Crippen molar-refractivity contribution in [1.82, 2.24) is 4.90 Å². The van der Waals surface area contributed by atoms with Gasteiger partial charge in [0.15, 0.2) is 0 Å². The van der Waals surface area contributed by atoms with Gasteiger partial charge in [-0.15, -0.1) is 0 Å². The fourth-order valence-corrected chi connectivity index (χ4v) is 2.64. The van der Waals surface area contributed by atoms with Gasteiger partial charge in [-0.05, 0) is 19.3 Å². The molecule has 92 valence electrons. The topological polar surface area (TPSA) is 45.5 Å². The van der Waals surface area contributed by atoms with Crippen molar-refractivity contribution in [3.05, 3.63) is 0 Å².